The first-order valence-electron chi connectivity index (χ1n) is 11.3. The molecular weight excluding hydrogens is 463 g/mol. The number of rotatable bonds is 8. The van der Waals surface area contributed by atoms with E-state index in [-0.39, 0.29) is 11.4 Å². The Morgan fingerprint density at radius 2 is 1.71 bits per heavy atom. The molecule has 0 atom stereocenters. The average Bonchev–Trinajstić information content (AvgIpc) is 3.18. The van der Waals surface area contributed by atoms with Crippen molar-refractivity contribution in [3.63, 3.8) is 0 Å². The fraction of sp³-hybridized carbons (Fsp3) is 0.346. The Labute approximate surface area is 201 Å². The quantitative estimate of drug-likeness (QED) is 0.369. The van der Waals surface area contributed by atoms with Crippen molar-refractivity contribution < 1.29 is 36.9 Å². The molecule has 1 aliphatic rings. The van der Waals surface area contributed by atoms with Crippen LogP contribution >= 0.6 is 0 Å². The summed E-state index contributed by atoms with van der Waals surface area (Å²) in [7, 11) is 1.19. The van der Waals surface area contributed by atoms with Gasteiger partial charge in [-0.3, -0.25) is 0 Å². The fourth-order valence-electron chi connectivity index (χ4n) is 4.37. The fourth-order valence-corrected chi connectivity index (χ4v) is 4.37. The van der Waals surface area contributed by atoms with Crippen LogP contribution in [0.2, 0.25) is 0 Å². The molecule has 186 valence electrons. The number of esters is 1. The number of alkyl halides is 3. The molecule has 0 radical (unpaired) electrons. The molecule has 2 aromatic carbocycles. The molecule has 4 rings (SSSR count). The predicted octanol–water partition coefficient (Wildman–Crippen LogP) is 5.90. The number of ether oxygens (including phenoxy) is 4. The van der Waals surface area contributed by atoms with Crippen LogP contribution in [0.1, 0.15) is 29.8 Å². The van der Waals surface area contributed by atoms with E-state index in [2.05, 4.69) is 0 Å². The summed E-state index contributed by atoms with van der Waals surface area (Å²) < 4.78 is 62.7. The molecule has 3 aromatic rings. The minimum absolute atomic E-state index is 0.0601. The van der Waals surface area contributed by atoms with Crippen LogP contribution in [-0.4, -0.2) is 43.6 Å². The molecule has 0 spiro atoms. The SMILES string of the molecule is CCOc1ccc(-c2c(C(=O)OC)c(OCC(F)(F)F)n3c2-c2ccccc2CC3)cc1OCC. The second-order valence-electron chi connectivity index (χ2n) is 7.89. The second-order valence-corrected chi connectivity index (χ2v) is 7.89. The molecule has 1 aliphatic heterocycles. The maximum atomic E-state index is 13.1. The molecule has 0 N–H and O–H groups in total. The van der Waals surface area contributed by atoms with Crippen molar-refractivity contribution in [2.75, 3.05) is 26.9 Å². The van der Waals surface area contributed by atoms with Gasteiger partial charge < -0.3 is 23.5 Å². The average molecular weight is 489 g/mol. The van der Waals surface area contributed by atoms with Crippen molar-refractivity contribution >= 4 is 5.97 Å². The highest BCUT2D eigenvalue weighted by molar-refractivity contribution is 6.05. The summed E-state index contributed by atoms with van der Waals surface area (Å²) in [4.78, 5) is 13.0. The van der Waals surface area contributed by atoms with Gasteiger partial charge in [0.25, 0.3) is 0 Å². The number of fused-ring (bicyclic) bond motifs is 3. The van der Waals surface area contributed by atoms with Crippen LogP contribution in [0.15, 0.2) is 42.5 Å². The van der Waals surface area contributed by atoms with Gasteiger partial charge in [-0.2, -0.15) is 13.2 Å². The standard InChI is InChI=1S/C26H26F3NO5/c1-4-33-19-11-10-17(14-20(19)34-5-2)21-22(25(31)32-3)24(35-15-26(27,28)29)30-13-12-16-8-6-7-9-18(16)23(21)30/h6-11,14H,4-5,12-13,15H2,1-3H3. The van der Waals surface area contributed by atoms with Crippen LogP contribution in [-0.2, 0) is 17.7 Å². The van der Waals surface area contributed by atoms with Crippen molar-refractivity contribution in [3.05, 3.63) is 53.6 Å². The summed E-state index contributed by atoms with van der Waals surface area (Å²) in [5.74, 6) is 0.0353. The molecule has 2 heterocycles. The highest BCUT2D eigenvalue weighted by Gasteiger charge is 2.36. The van der Waals surface area contributed by atoms with Gasteiger partial charge in [-0.1, -0.05) is 30.3 Å². The van der Waals surface area contributed by atoms with E-state index in [0.29, 0.717) is 54.5 Å². The van der Waals surface area contributed by atoms with Crippen LogP contribution in [0.4, 0.5) is 13.2 Å². The molecule has 0 fully saturated rings. The van der Waals surface area contributed by atoms with Gasteiger partial charge in [0.05, 0.1) is 26.0 Å². The summed E-state index contributed by atoms with van der Waals surface area (Å²) in [6, 6.07) is 12.8. The minimum Gasteiger partial charge on any atom is -0.490 e. The molecule has 35 heavy (non-hydrogen) atoms. The van der Waals surface area contributed by atoms with Crippen LogP contribution in [0.25, 0.3) is 22.4 Å². The Bertz CT molecular complexity index is 1230. The molecule has 0 saturated carbocycles. The van der Waals surface area contributed by atoms with Crippen molar-refractivity contribution in [3.8, 4) is 39.8 Å². The summed E-state index contributed by atoms with van der Waals surface area (Å²) in [5.41, 5.74) is 3.36. The lowest BCUT2D eigenvalue weighted by atomic mass is 9.92. The number of hydrogen-bond acceptors (Lipinski definition) is 5. The normalized spacial score (nSPS) is 12.5. The van der Waals surface area contributed by atoms with Gasteiger partial charge in [0.1, 0.15) is 5.56 Å². The largest absolute Gasteiger partial charge is 0.490 e. The third-order valence-electron chi connectivity index (χ3n) is 5.69. The number of halogens is 3. The lowest BCUT2D eigenvalue weighted by molar-refractivity contribution is -0.154. The molecule has 6 nitrogen and oxygen atoms in total. The van der Waals surface area contributed by atoms with Crippen LogP contribution in [0, 0.1) is 0 Å². The Morgan fingerprint density at radius 1 is 1.00 bits per heavy atom. The first kappa shape index (κ1) is 24.5. The molecular formula is C26H26F3NO5. The van der Waals surface area contributed by atoms with Crippen molar-refractivity contribution in [2.45, 2.75) is 33.0 Å². The minimum atomic E-state index is -4.58. The van der Waals surface area contributed by atoms with Crippen LogP contribution in [0.3, 0.4) is 0 Å². The number of methoxy groups -OCH3 is 1. The Balaban J connectivity index is 2.02. The molecule has 0 aliphatic carbocycles. The first-order chi connectivity index (χ1) is 16.8. The highest BCUT2D eigenvalue weighted by Crippen LogP contribution is 2.48. The van der Waals surface area contributed by atoms with E-state index in [4.69, 9.17) is 18.9 Å². The van der Waals surface area contributed by atoms with Crippen LogP contribution in [0.5, 0.6) is 17.4 Å². The number of carbonyl (C=O) groups excluding carboxylic acids is 1. The zero-order valence-electron chi connectivity index (χ0n) is 19.7. The van der Waals surface area contributed by atoms with Crippen LogP contribution < -0.4 is 14.2 Å². The van der Waals surface area contributed by atoms with E-state index in [1.165, 1.54) is 7.11 Å². The third-order valence-corrected chi connectivity index (χ3v) is 5.69. The van der Waals surface area contributed by atoms with Gasteiger partial charge in [-0.25, -0.2) is 4.79 Å². The third kappa shape index (κ3) is 4.80. The Morgan fingerprint density at radius 3 is 2.40 bits per heavy atom. The van der Waals surface area contributed by atoms with Gasteiger partial charge in [0.15, 0.2) is 18.1 Å². The number of aryl methyl sites for hydroxylation is 1. The van der Waals surface area contributed by atoms with Gasteiger partial charge in [0.2, 0.25) is 5.88 Å². The summed E-state index contributed by atoms with van der Waals surface area (Å²) in [6.07, 6.45) is -4.00. The highest BCUT2D eigenvalue weighted by atomic mass is 19.4. The summed E-state index contributed by atoms with van der Waals surface area (Å²) >= 11 is 0. The lowest BCUT2D eigenvalue weighted by Gasteiger charge is -2.22. The predicted molar refractivity (Wildman–Crippen MR) is 124 cm³/mol. The molecule has 0 saturated heterocycles. The van der Waals surface area contributed by atoms with E-state index in [1.807, 2.05) is 38.1 Å². The zero-order valence-corrected chi connectivity index (χ0v) is 19.7. The maximum absolute atomic E-state index is 13.1. The molecule has 0 bridgehead atoms. The number of aromatic nitrogens is 1. The van der Waals surface area contributed by atoms with Gasteiger partial charge in [-0.05, 0) is 43.5 Å². The van der Waals surface area contributed by atoms with E-state index in [1.54, 1.807) is 22.8 Å². The Hall–Kier alpha value is -3.62. The van der Waals surface area contributed by atoms with Gasteiger partial charge in [-0.15, -0.1) is 0 Å². The molecule has 9 heteroatoms. The van der Waals surface area contributed by atoms with Crippen molar-refractivity contribution in [2.24, 2.45) is 0 Å². The van der Waals surface area contributed by atoms with E-state index < -0.39 is 18.8 Å². The number of nitrogens with zero attached hydrogens (tertiary/aromatic N) is 1. The van der Waals surface area contributed by atoms with E-state index in [9.17, 15) is 18.0 Å². The Kier molecular flexibility index (Phi) is 6.95. The van der Waals surface area contributed by atoms with E-state index >= 15 is 0 Å². The number of carbonyl (C=O) groups is 1. The smallest absolute Gasteiger partial charge is 0.422 e. The maximum Gasteiger partial charge on any atom is 0.422 e. The molecule has 0 unspecified atom stereocenters. The zero-order chi connectivity index (χ0) is 25.2. The van der Waals surface area contributed by atoms with Gasteiger partial charge in [0, 0.05) is 17.7 Å². The summed E-state index contributed by atoms with van der Waals surface area (Å²) in [6.45, 7) is 3.31. The number of benzene rings is 2. The van der Waals surface area contributed by atoms with Crippen molar-refractivity contribution in [1.29, 1.82) is 0 Å². The topological polar surface area (TPSA) is 58.9 Å². The first-order valence-corrected chi connectivity index (χ1v) is 11.3. The van der Waals surface area contributed by atoms with E-state index in [0.717, 1.165) is 11.1 Å². The lowest BCUT2D eigenvalue weighted by Crippen LogP contribution is -2.22. The second kappa shape index (κ2) is 9.93. The number of hydrogen-bond donors (Lipinski definition) is 0. The molecule has 0 amide bonds. The molecule has 1 aromatic heterocycles. The summed E-state index contributed by atoms with van der Waals surface area (Å²) in [5, 5.41) is 0. The monoisotopic (exact) mass is 489 g/mol. The van der Waals surface area contributed by atoms with Gasteiger partial charge >= 0.3 is 12.1 Å². The van der Waals surface area contributed by atoms with Crippen molar-refractivity contribution in [1.82, 2.24) is 4.57 Å².